The monoisotopic (exact) mass is 324 g/mol. The topological polar surface area (TPSA) is 58.2 Å². The van der Waals surface area contributed by atoms with Gasteiger partial charge in [-0.3, -0.25) is 0 Å². The highest BCUT2D eigenvalue weighted by Gasteiger charge is 2.25. The number of thiophene rings is 1. The van der Waals surface area contributed by atoms with Crippen molar-refractivity contribution in [3.63, 3.8) is 0 Å². The van der Waals surface area contributed by atoms with Crippen molar-refractivity contribution in [2.24, 2.45) is 0 Å². The van der Waals surface area contributed by atoms with Crippen LogP contribution in [-0.4, -0.2) is 27.5 Å². The van der Waals surface area contributed by atoms with Gasteiger partial charge in [-0.15, -0.1) is 11.3 Å². The summed E-state index contributed by atoms with van der Waals surface area (Å²) in [7, 11) is -3.36. The van der Waals surface area contributed by atoms with Crippen molar-refractivity contribution in [3.05, 3.63) is 14.7 Å². The van der Waals surface area contributed by atoms with Gasteiger partial charge in [-0.2, -0.15) is 0 Å². The first-order valence-corrected chi connectivity index (χ1v) is 8.07. The minimum absolute atomic E-state index is 0.0167. The van der Waals surface area contributed by atoms with Crippen molar-refractivity contribution in [1.82, 2.24) is 10.0 Å². The molecule has 7 heteroatoms. The molecule has 4 nitrogen and oxygen atoms in total. The fourth-order valence-corrected chi connectivity index (χ4v) is 5.42. The Hall–Kier alpha value is 0.0500. The van der Waals surface area contributed by atoms with Gasteiger partial charge in [0.25, 0.3) is 0 Å². The van der Waals surface area contributed by atoms with Crippen molar-refractivity contribution in [3.8, 4) is 0 Å². The minimum atomic E-state index is -3.36. The second-order valence-corrected chi connectivity index (χ2v) is 8.10. The molecule has 1 aliphatic rings. The molecule has 0 aliphatic carbocycles. The largest absolute Gasteiger partial charge is 0.315 e. The van der Waals surface area contributed by atoms with E-state index in [-0.39, 0.29) is 6.04 Å². The fourth-order valence-electron chi connectivity index (χ4n) is 1.74. The summed E-state index contributed by atoms with van der Waals surface area (Å²) in [5.74, 6) is 0. The maximum atomic E-state index is 12.1. The summed E-state index contributed by atoms with van der Waals surface area (Å²) in [6.45, 7) is 3.40. The smallest absolute Gasteiger partial charge is 0.241 e. The first kappa shape index (κ1) is 12.5. The number of rotatable bonds is 3. The number of hydrogen-bond acceptors (Lipinski definition) is 4. The van der Waals surface area contributed by atoms with Gasteiger partial charge < -0.3 is 5.32 Å². The van der Waals surface area contributed by atoms with E-state index in [1.807, 2.05) is 6.92 Å². The Bertz CT molecular complexity index is 478. The molecular weight excluding hydrogens is 312 g/mol. The zero-order valence-corrected chi connectivity index (χ0v) is 12.0. The Morgan fingerprint density at radius 1 is 1.62 bits per heavy atom. The highest BCUT2D eigenvalue weighted by molar-refractivity contribution is 9.11. The van der Waals surface area contributed by atoms with E-state index < -0.39 is 10.0 Å². The third kappa shape index (κ3) is 2.65. The van der Waals surface area contributed by atoms with Gasteiger partial charge >= 0.3 is 0 Å². The maximum Gasteiger partial charge on any atom is 0.241 e. The van der Waals surface area contributed by atoms with Crippen LogP contribution in [0.25, 0.3) is 0 Å². The second kappa shape index (κ2) is 4.73. The molecule has 1 fully saturated rings. The average Bonchev–Trinajstić information content (AvgIpc) is 2.75. The Balaban J connectivity index is 2.21. The standard InChI is InChI=1S/C9H13BrN2O2S2/c1-6-8(4-9(10)15-6)16(13,14)12-7-2-3-11-5-7/h4,7,11-12H,2-3,5H2,1H3. The predicted octanol–water partition coefficient (Wildman–Crippen LogP) is 1.46. The Morgan fingerprint density at radius 3 is 2.88 bits per heavy atom. The molecule has 1 aromatic heterocycles. The molecule has 0 saturated carbocycles. The molecule has 16 heavy (non-hydrogen) atoms. The third-order valence-corrected chi connectivity index (χ3v) is 5.84. The van der Waals surface area contributed by atoms with Gasteiger partial charge in [-0.25, -0.2) is 13.1 Å². The van der Waals surface area contributed by atoms with E-state index in [0.717, 1.165) is 21.6 Å². The van der Waals surface area contributed by atoms with Crippen molar-refractivity contribution in [2.75, 3.05) is 13.1 Å². The number of aryl methyl sites for hydroxylation is 1. The van der Waals surface area contributed by atoms with Crippen LogP contribution in [0.4, 0.5) is 0 Å². The molecule has 0 radical (unpaired) electrons. The number of hydrogen-bond donors (Lipinski definition) is 2. The van der Waals surface area contributed by atoms with Crippen LogP contribution in [0.2, 0.25) is 0 Å². The molecule has 0 amide bonds. The molecule has 1 saturated heterocycles. The van der Waals surface area contributed by atoms with E-state index >= 15 is 0 Å². The molecule has 1 aliphatic heterocycles. The zero-order valence-electron chi connectivity index (χ0n) is 8.79. The molecule has 0 spiro atoms. The van der Waals surface area contributed by atoms with E-state index in [9.17, 15) is 8.42 Å². The second-order valence-electron chi connectivity index (χ2n) is 3.78. The van der Waals surface area contributed by atoms with E-state index in [2.05, 4.69) is 26.0 Å². The Kier molecular flexibility index (Phi) is 3.70. The number of halogens is 1. The van der Waals surface area contributed by atoms with Crippen LogP contribution in [0.15, 0.2) is 14.7 Å². The molecule has 2 heterocycles. The fraction of sp³-hybridized carbons (Fsp3) is 0.556. The summed E-state index contributed by atoms with van der Waals surface area (Å²) < 4.78 is 27.7. The maximum absolute atomic E-state index is 12.1. The molecule has 2 N–H and O–H groups in total. The highest BCUT2D eigenvalue weighted by atomic mass is 79.9. The molecule has 1 atom stereocenters. The lowest BCUT2D eigenvalue weighted by Crippen LogP contribution is -2.36. The first-order valence-electron chi connectivity index (χ1n) is 4.98. The van der Waals surface area contributed by atoms with E-state index in [1.54, 1.807) is 6.07 Å². The first-order chi connectivity index (χ1) is 7.49. The third-order valence-electron chi connectivity index (χ3n) is 2.51. The number of nitrogens with one attached hydrogen (secondary N) is 2. The molecule has 2 rings (SSSR count). The van der Waals surface area contributed by atoms with E-state index in [1.165, 1.54) is 11.3 Å². The van der Waals surface area contributed by atoms with Crippen molar-refractivity contribution < 1.29 is 8.42 Å². The average molecular weight is 325 g/mol. The van der Waals surface area contributed by atoms with Crippen LogP contribution in [0.1, 0.15) is 11.3 Å². The van der Waals surface area contributed by atoms with Crippen molar-refractivity contribution in [2.45, 2.75) is 24.3 Å². The van der Waals surface area contributed by atoms with Gasteiger partial charge in [0.1, 0.15) is 0 Å². The van der Waals surface area contributed by atoms with Gasteiger partial charge in [0.05, 0.1) is 8.68 Å². The molecule has 1 aromatic rings. The lowest BCUT2D eigenvalue weighted by molar-refractivity contribution is 0.560. The number of sulfonamides is 1. The van der Waals surface area contributed by atoms with Gasteiger partial charge in [0.15, 0.2) is 0 Å². The van der Waals surface area contributed by atoms with Gasteiger partial charge in [0, 0.05) is 17.5 Å². The van der Waals surface area contributed by atoms with Crippen LogP contribution in [-0.2, 0) is 10.0 Å². The molecular formula is C9H13BrN2O2S2. The van der Waals surface area contributed by atoms with Crippen LogP contribution >= 0.6 is 27.3 Å². The summed E-state index contributed by atoms with van der Waals surface area (Å²) in [6, 6.07) is 1.67. The summed E-state index contributed by atoms with van der Waals surface area (Å²) in [6.07, 6.45) is 0.851. The highest BCUT2D eigenvalue weighted by Crippen LogP contribution is 2.29. The predicted molar refractivity (Wildman–Crippen MR) is 68.4 cm³/mol. The SMILES string of the molecule is Cc1sc(Br)cc1S(=O)(=O)NC1CCNC1. The summed E-state index contributed by atoms with van der Waals surface area (Å²) in [5, 5.41) is 3.13. The Labute approximate surface area is 108 Å². The summed E-state index contributed by atoms with van der Waals surface area (Å²) in [5.41, 5.74) is 0. The van der Waals surface area contributed by atoms with E-state index in [4.69, 9.17) is 0 Å². The molecule has 1 unspecified atom stereocenters. The van der Waals surface area contributed by atoms with E-state index in [0.29, 0.717) is 11.4 Å². The van der Waals surface area contributed by atoms with Crippen LogP contribution in [0.5, 0.6) is 0 Å². The summed E-state index contributed by atoms with van der Waals surface area (Å²) >= 11 is 4.74. The molecule has 90 valence electrons. The molecule has 0 aromatic carbocycles. The normalized spacial score (nSPS) is 21.5. The van der Waals surface area contributed by atoms with Crippen molar-refractivity contribution >= 4 is 37.3 Å². The van der Waals surface area contributed by atoms with Gasteiger partial charge in [0.2, 0.25) is 10.0 Å². The van der Waals surface area contributed by atoms with Crippen LogP contribution in [0.3, 0.4) is 0 Å². The molecule has 0 bridgehead atoms. The van der Waals surface area contributed by atoms with Gasteiger partial charge in [-0.05, 0) is 41.9 Å². The Morgan fingerprint density at radius 2 is 2.38 bits per heavy atom. The zero-order chi connectivity index (χ0) is 11.8. The van der Waals surface area contributed by atoms with Crippen molar-refractivity contribution in [1.29, 1.82) is 0 Å². The van der Waals surface area contributed by atoms with Gasteiger partial charge in [-0.1, -0.05) is 0 Å². The lowest BCUT2D eigenvalue weighted by atomic mass is 10.3. The lowest BCUT2D eigenvalue weighted by Gasteiger charge is -2.11. The van der Waals surface area contributed by atoms with Crippen LogP contribution < -0.4 is 10.0 Å². The minimum Gasteiger partial charge on any atom is -0.315 e. The quantitative estimate of drug-likeness (QED) is 0.885. The van der Waals surface area contributed by atoms with Crippen LogP contribution in [0, 0.1) is 6.92 Å². The summed E-state index contributed by atoms with van der Waals surface area (Å²) in [4.78, 5) is 1.20.